The zero-order valence-corrected chi connectivity index (χ0v) is 23.3. The van der Waals surface area contributed by atoms with E-state index < -0.39 is 47.0 Å². The van der Waals surface area contributed by atoms with Gasteiger partial charge in [0.15, 0.2) is 10.1 Å². The van der Waals surface area contributed by atoms with Crippen LogP contribution in [-0.4, -0.2) is 67.7 Å². The van der Waals surface area contributed by atoms with E-state index in [0.29, 0.717) is 20.6 Å². The number of thioether (sulfide) groups is 2. The van der Waals surface area contributed by atoms with Crippen LogP contribution < -0.4 is 0 Å². The molecule has 1 saturated heterocycles. The maximum absolute atomic E-state index is 13.1. The largest absolute Gasteiger partial charge is 0.508 e. The number of Topliss-reactive ketones (excluding diaryl/α,β-unsaturated/α-hetero) is 1. The number of aromatic nitrogens is 2. The average molecular weight is 595 g/mol. The summed E-state index contributed by atoms with van der Waals surface area (Å²) in [4.78, 5) is 61.6. The van der Waals surface area contributed by atoms with Crippen molar-refractivity contribution in [2.45, 2.75) is 43.2 Å². The number of nitrogens with zero attached hydrogens (tertiary/aromatic N) is 4. The number of nitro benzene ring substituents is 1. The fourth-order valence-corrected chi connectivity index (χ4v) is 7.26. The predicted octanol–water partition coefficient (Wildman–Crippen LogP) is 3.46. The summed E-state index contributed by atoms with van der Waals surface area (Å²) in [5, 5.41) is 19.1. The molecule has 2 aliphatic heterocycles. The topological polar surface area (TPSA) is 168 Å². The number of aryl methyl sites for hydroxylation is 1. The Hall–Kier alpha value is -3.50. The number of carbonyl (C=O) groups excluding carboxylic acids is 4. The van der Waals surface area contributed by atoms with Gasteiger partial charge in [0.25, 0.3) is 5.69 Å². The Bertz CT molecular complexity index is 1340. The van der Waals surface area contributed by atoms with Crippen LogP contribution in [0, 0.1) is 23.0 Å². The Labute approximate surface area is 234 Å². The van der Waals surface area contributed by atoms with Crippen LogP contribution in [0.3, 0.4) is 0 Å². The van der Waals surface area contributed by atoms with Gasteiger partial charge in [-0.1, -0.05) is 23.1 Å². The van der Waals surface area contributed by atoms with Crippen molar-refractivity contribution in [1.29, 1.82) is 0 Å². The first-order valence-corrected chi connectivity index (χ1v) is 14.1. The maximum Gasteiger partial charge on any atom is 0.508 e. The number of amides is 1. The van der Waals surface area contributed by atoms with Gasteiger partial charge in [-0.2, -0.15) is 0 Å². The molecule has 39 heavy (non-hydrogen) atoms. The number of hydrogen-bond donors (Lipinski definition) is 0. The van der Waals surface area contributed by atoms with Crippen LogP contribution in [0.2, 0.25) is 0 Å². The molecule has 1 amide bonds. The fraction of sp³-hybridized carbons (Fsp3) is 0.391. The molecule has 1 fully saturated rings. The molecule has 16 heteroatoms. The molecule has 1 aromatic heterocycles. The Morgan fingerprint density at radius 1 is 1.21 bits per heavy atom. The van der Waals surface area contributed by atoms with E-state index in [1.807, 2.05) is 6.92 Å². The van der Waals surface area contributed by atoms with Gasteiger partial charge in [-0.05, 0) is 38.5 Å². The first-order valence-electron chi connectivity index (χ1n) is 11.4. The first kappa shape index (κ1) is 28.5. The van der Waals surface area contributed by atoms with Gasteiger partial charge in [0.1, 0.15) is 41.3 Å². The van der Waals surface area contributed by atoms with Gasteiger partial charge in [0, 0.05) is 22.8 Å². The van der Waals surface area contributed by atoms with E-state index in [9.17, 15) is 29.3 Å². The lowest BCUT2D eigenvalue weighted by Crippen LogP contribution is -2.61. The second-order valence-electron chi connectivity index (χ2n) is 8.45. The van der Waals surface area contributed by atoms with Crippen molar-refractivity contribution in [3.63, 3.8) is 0 Å². The van der Waals surface area contributed by atoms with E-state index >= 15 is 0 Å². The summed E-state index contributed by atoms with van der Waals surface area (Å²) in [6.45, 7) is 4.07. The molecule has 4 rings (SSSR count). The van der Waals surface area contributed by atoms with Crippen LogP contribution in [0.5, 0.6) is 0 Å². The van der Waals surface area contributed by atoms with Gasteiger partial charge in [0.05, 0.1) is 4.92 Å². The average Bonchev–Trinajstić information content (AvgIpc) is 3.45. The van der Waals surface area contributed by atoms with E-state index in [-0.39, 0.29) is 23.8 Å². The lowest BCUT2D eigenvalue weighted by Gasteiger charge is -2.44. The van der Waals surface area contributed by atoms with Crippen molar-refractivity contribution in [1.82, 2.24) is 15.1 Å². The van der Waals surface area contributed by atoms with Crippen molar-refractivity contribution in [2.75, 3.05) is 12.4 Å². The Kier molecular flexibility index (Phi) is 8.87. The summed E-state index contributed by atoms with van der Waals surface area (Å²) < 4.78 is 16.2. The second-order valence-corrected chi connectivity index (χ2v) is 12.1. The number of hydrogen-bond acceptors (Lipinski definition) is 14. The Balaban J connectivity index is 1.38. The molecule has 13 nitrogen and oxygen atoms in total. The molecular formula is C23H22N4O9S3. The number of nitro groups is 1. The van der Waals surface area contributed by atoms with Crippen LogP contribution in [0.25, 0.3) is 0 Å². The van der Waals surface area contributed by atoms with E-state index in [1.54, 1.807) is 6.92 Å². The predicted molar refractivity (Wildman–Crippen MR) is 140 cm³/mol. The Morgan fingerprint density at radius 3 is 2.54 bits per heavy atom. The number of carbonyl (C=O) groups is 4. The lowest BCUT2D eigenvalue weighted by atomic mass is 9.92. The van der Waals surface area contributed by atoms with Crippen molar-refractivity contribution < 1.29 is 38.3 Å². The molecule has 2 aromatic rings. The molecule has 0 N–H and O–H groups in total. The van der Waals surface area contributed by atoms with Gasteiger partial charge >= 0.3 is 12.1 Å². The van der Waals surface area contributed by atoms with Crippen molar-refractivity contribution in [3.8, 4) is 0 Å². The highest BCUT2D eigenvalue weighted by Gasteiger charge is 2.59. The van der Waals surface area contributed by atoms with Gasteiger partial charge in [-0.15, -0.1) is 22.0 Å². The van der Waals surface area contributed by atoms with Gasteiger partial charge in [-0.3, -0.25) is 24.6 Å². The summed E-state index contributed by atoms with van der Waals surface area (Å²) in [6, 6.07) is 5.50. The molecule has 0 aliphatic carbocycles. The van der Waals surface area contributed by atoms with Crippen molar-refractivity contribution in [2.24, 2.45) is 5.92 Å². The third-order valence-corrected chi connectivity index (χ3v) is 9.13. The summed E-state index contributed by atoms with van der Waals surface area (Å²) in [5.41, 5.74) is 0.494. The number of ketones is 1. The van der Waals surface area contributed by atoms with Gasteiger partial charge < -0.3 is 14.2 Å². The first-order chi connectivity index (χ1) is 18.5. The highest BCUT2D eigenvalue weighted by atomic mass is 32.2. The smallest absolute Gasteiger partial charge is 0.453 e. The van der Waals surface area contributed by atoms with Gasteiger partial charge in [-0.25, -0.2) is 9.59 Å². The second kappa shape index (κ2) is 12.1. The number of non-ortho nitro benzene ring substituents is 1. The van der Waals surface area contributed by atoms with E-state index in [1.165, 1.54) is 70.9 Å². The molecular weight excluding hydrogens is 572 g/mol. The summed E-state index contributed by atoms with van der Waals surface area (Å²) in [7, 11) is 0. The lowest BCUT2D eigenvalue weighted by molar-refractivity contribution is -0.384. The van der Waals surface area contributed by atoms with Crippen LogP contribution in [-0.2, 0) is 35.2 Å². The molecule has 2 aliphatic rings. The summed E-state index contributed by atoms with van der Waals surface area (Å²) >= 11 is 4.04. The highest BCUT2D eigenvalue weighted by molar-refractivity contribution is 8.07. The van der Waals surface area contributed by atoms with E-state index in [0.717, 1.165) is 5.01 Å². The minimum absolute atomic E-state index is 0.0641. The number of ether oxygens (including phenoxy) is 3. The Morgan fingerprint density at radius 2 is 1.92 bits per heavy atom. The summed E-state index contributed by atoms with van der Waals surface area (Å²) in [6.07, 6.45) is -1.88. The normalized spacial score (nSPS) is 18.7. The van der Waals surface area contributed by atoms with E-state index in [2.05, 4.69) is 10.2 Å². The maximum atomic E-state index is 13.1. The molecule has 0 radical (unpaired) electrons. The molecule has 0 bridgehead atoms. The molecule has 0 saturated carbocycles. The quantitative estimate of drug-likeness (QED) is 0.122. The molecule has 1 aromatic carbocycles. The van der Waals surface area contributed by atoms with Crippen molar-refractivity contribution in [3.05, 3.63) is 55.6 Å². The summed E-state index contributed by atoms with van der Waals surface area (Å²) in [5.74, 6) is -1.97. The van der Waals surface area contributed by atoms with Gasteiger partial charge in [0.2, 0.25) is 5.91 Å². The standard InChI is InChI=1S/C23H22N4O9S3/c1-11(28)8-34-21(30)18-16(10-37-22-25-24-13(3)38-22)39-20-17(19(29)26(18)20)12(2)36-23(31)35-9-14-4-6-15(7-5-14)27(32)33/h4-7,12,17,20H,8-10H2,1-3H3/t12?,17-,20+/m0/s1. The molecule has 1 unspecified atom stereocenters. The number of rotatable bonds is 11. The van der Waals surface area contributed by atoms with Crippen molar-refractivity contribution >= 4 is 64.4 Å². The fourth-order valence-electron chi connectivity index (χ4n) is 3.75. The molecule has 3 heterocycles. The zero-order chi connectivity index (χ0) is 28.3. The van der Waals surface area contributed by atoms with Crippen LogP contribution in [0.1, 0.15) is 24.4 Å². The minimum Gasteiger partial charge on any atom is -0.453 e. The third-order valence-electron chi connectivity index (χ3n) is 5.58. The number of β-lactam (4-membered cyclic amide) rings is 1. The van der Waals surface area contributed by atoms with Crippen LogP contribution >= 0.6 is 34.9 Å². The van der Waals surface area contributed by atoms with E-state index in [4.69, 9.17) is 14.2 Å². The SMILES string of the molecule is CC(=O)COC(=O)C1=C(CSc2nnc(C)s2)S[C@@H]2[C@@H](C(C)OC(=O)OCc3ccc([N+](=O)[O-])cc3)C(=O)N12. The third kappa shape index (κ3) is 6.57. The molecule has 206 valence electrons. The zero-order valence-electron chi connectivity index (χ0n) is 20.9. The van der Waals surface area contributed by atoms with Crippen LogP contribution in [0.15, 0.2) is 39.2 Å². The monoisotopic (exact) mass is 594 g/mol. The number of benzene rings is 1. The minimum atomic E-state index is -1.01. The molecule has 3 atom stereocenters. The number of esters is 1. The number of fused-ring (bicyclic) bond motifs is 1. The molecule has 0 spiro atoms. The van der Waals surface area contributed by atoms with Crippen LogP contribution in [0.4, 0.5) is 10.5 Å². The highest BCUT2D eigenvalue weighted by Crippen LogP contribution is 2.52.